The largest absolute Gasteiger partial charge is 0.393 e. The zero-order valence-corrected chi connectivity index (χ0v) is 13.4. The second kappa shape index (κ2) is 6.33. The van der Waals surface area contributed by atoms with Crippen molar-refractivity contribution in [3.8, 4) is 0 Å². The van der Waals surface area contributed by atoms with Crippen LogP contribution in [0.2, 0.25) is 0 Å². The van der Waals surface area contributed by atoms with Crippen molar-refractivity contribution in [1.29, 1.82) is 0 Å². The normalized spacial score (nSPS) is 20.9. The van der Waals surface area contributed by atoms with Gasteiger partial charge in [-0.25, -0.2) is 0 Å². The van der Waals surface area contributed by atoms with E-state index in [0.29, 0.717) is 10.4 Å². The molecule has 18 heavy (non-hydrogen) atoms. The molecule has 1 aliphatic rings. The third-order valence-corrected chi connectivity index (χ3v) is 5.41. The fourth-order valence-electron chi connectivity index (χ4n) is 2.54. The zero-order valence-electron chi connectivity index (χ0n) is 12.6. The topological polar surface area (TPSA) is 29.3 Å². The van der Waals surface area contributed by atoms with Crippen molar-refractivity contribution in [2.75, 3.05) is 19.6 Å². The molecule has 0 aliphatic carbocycles. The molecule has 2 nitrogen and oxygen atoms in total. The van der Waals surface area contributed by atoms with E-state index in [2.05, 4.69) is 32.6 Å². The summed E-state index contributed by atoms with van der Waals surface area (Å²) in [6, 6.07) is 0. The molecular weight excluding hydrogens is 240 g/mol. The highest BCUT2D eigenvalue weighted by atomic mass is 32.1. The van der Waals surface area contributed by atoms with Gasteiger partial charge in [0, 0.05) is 5.41 Å². The first-order chi connectivity index (χ1) is 8.29. The summed E-state index contributed by atoms with van der Waals surface area (Å²) in [6.45, 7) is 12.8. The SMILES string of the molecule is CCC1(C)CCN(CCCC(C)(C)C(N)=S)CC1. The Kier molecular flexibility index (Phi) is 5.60. The zero-order chi connectivity index (χ0) is 13.8. The van der Waals surface area contributed by atoms with Crippen LogP contribution in [0.3, 0.4) is 0 Å². The molecule has 3 heteroatoms. The average Bonchev–Trinajstić information content (AvgIpc) is 2.31. The quantitative estimate of drug-likeness (QED) is 0.748. The highest BCUT2D eigenvalue weighted by Gasteiger charge is 2.28. The number of likely N-dealkylation sites (tertiary alicyclic amines) is 1. The number of piperidine rings is 1. The van der Waals surface area contributed by atoms with E-state index in [1.807, 2.05) is 0 Å². The molecule has 2 N–H and O–H groups in total. The summed E-state index contributed by atoms with van der Waals surface area (Å²) in [5.41, 5.74) is 6.37. The van der Waals surface area contributed by atoms with Gasteiger partial charge in [0.05, 0.1) is 4.99 Å². The van der Waals surface area contributed by atoms with Gasteiger partial charge >= 0.3 is 0 Å². The van der Waals surface area contributed by atoms with E-state index in [4.69, 9.17) is 18.0 Å². The first-order valence-corrected chi connectivity index (χ1v) is 7.72. The van der Waals surface area contributed by atoms with E-state index >= 15 is 0 Å². The molecule has 0 bridgehead atoms. The Morgan fingerprint density at radius 1 is 1.33 bits per heavy atom. The molecule has 0 aromatic rings. The van der Waals surface area contributed by atoms with Crippen LogP contribution in [0.15, 0.2) is 0 Å². The maximum atomic E-state index is 5.76. The third kappa shape index (κ3) is 4.51. The molecule has 106 valence electrons. The lowest BCUT2D eigenvalue weighted by Crippen LogP contribution is -2.39. The molecule has 0 aromatic heterocycles. The summed E-state index contributed by atoms with van der Waals surface area (Å²) in [7, 11) is 0. The molecule has 0 aromatic carbocycles. The molecule has 1 heterocycles. The predicted molar refractivity (Wildman–Crippen MR) is 83.9 cm³/mol. The van der Waals surface area contributed by atoms with E-state index in [1.165, 1.54) is 45.3 Å². The summed E-state index contributed by atoms with van der Waals surface area (Å²) in [5.74, 6) is 0. The van der Waals surface area contributed by atoms with Gasteiger partial charge < -0.3 is 10.6 Å². The van der Waals surface area contributed by atoms with E-state index < -0.39 is 0 Å². The van der Waals surface area contributed by atoms with E-state index in [1.54, 1.807) is 0 Å². The second-order valence-electron chi connectivity index (χ2n) is 6.86. The lowest BCUT2D eigenvalue weighted by molar-refractivity contribution is 0.112. The van der Waals surface area contributed by atoms with Gasteiger partial charge in [0.2, 0.25) is 0 Å². The smallest absolute Gasteiger partial charge is 0.0784 e. The highest BCUT2D eigenvalue weighted by molar-refractivity contribution is 7.80. The molecule has 1 fully saturated rings. The van der Waals surface area contributed by atoms with Gasteiger partial charge in [-0.05, 0) is 50.7 Å². The fraction of sp³-hybridized carbons (Fsp3) is 0.933. The third-order valence-electron chi connectivity index (χ3n) is 4.86. The van der Waals surface area contributed by atoms with Gasteiger partial charge in [-0.3, -0.25) is 0 Å². The van der Waals surface area contributed by atoms with Crippen LogP contribution in [0.25, 0.3) is 0 Å². The van der Waals surface area contributed by atoms with Crippen LogP contribution < -0.4 is 5.73 Å². The lowest BCUT2D eigenvalue weighted by atomic mass is 9.78. The van der Waals surface area contributed by atoms with Gasteiger partial charge in [0.25, 0.3) is 0 Å². The van der Waals surface area contributed by atoms with Crippen LogP contribution in [0.4, 0.5) is 0 Å². The number of nitrogens with two attached hydrogens (primary N) is 1. The van der Waals surface area contributed by atoms with Crippen molar-refractivity contribution < 1.29 is 0 Å². The molecule has 1 aliphatic heterocycles. The molecule has 1 rings (SSSR count). The number of thiocarbonyl (C=S) groups is 1. The van der Waals surface area contributed by atoms with Crippen LogP contribution in [0, 0.1) is 10.8 Å². The first-order valence-electron chi connectivity index (χ1n) is 7.31. The molecular formula is C15H30N2S. The monoisotopic (exact) mass is 270 g/mol. The summed E-state index contributed by atoms with van der Waals surface area (Å²) < 4.78 is 0. The second-order valence-corrected chi connectivity index (χ2v) is 7.30. The molecule has 0 amide bonds. The minimum atomic E-state index is 0.0169. The van der Waals surface area contributed by atoms with Crippen molar-refractivity contribution in [1.82, 2.24) is 4.90 Å². The van der Waals surface area contributed by atoms with Crippen LogP contribution in [0.5, 0.6) is 0 Å². The molecule has 0 saturated carbocycles. The summed E-state index contributed by atoms with van der Waals surface area (Å²) in [5, 5.41) is 0. The summed E-state index contributed by atoms with van der Waals surface area (Å²) in [4.78, 5) is 3.26. The summed E-state index contributed by atoms with van der Waals surface area (Å²) in [6.07, 6.45) is 6.32. The maximum Gasteiger partial charge on any atom is 0.0784 e. The predicted octanol–water partition coefficient (Wildman–Crippen LogP) is 3.59. The van der Waals surface area contributed by atoms with Gasteiger partial charge in [-0.2, -0.15) is 0 Å². The van der Waals surface area contributed by atoms with Crippen LogP contribution >= 0.6 is 12.2 Å². The number of nitrogens with zero attached hydrogens (tertiary/aromatic N) is 1. The number of hydrogen-bond donors (Lipinski definition) is 1. The van der Waals surface area contributed by atoms with Crippen molar-refractivity contribution in [2.45, 2.75) is 59.8 Å². The van der Waals surface area contributed by atoms with Crippen LogP contribution in [-0.2, 0) is 0 Å². The van der Waals surface area contributed by atoms with E-state index in [-0.39, 0.29) is 5.41 Å². The van der Waals surface area contributed by atoms with E-state index in [9.17, 15) is 0 Å². The van der Waals surface area contributed by atoms with Crippen LogP contribution in [-0.4, -0.2) is 29.5 Å². The fourth-order valence-corrected chi connectivity index (χ4v) is 2.64. The van der Waals surface area contributed by atoms with Gasteiger partial charge in [0.1, 0.15) is 0 Å². The Labute approximate surface area is 118 Å². The standard InChI is InChI=1S/C15H30N2S/c1-5-15(4)8-11-17(12-9-15)10-6-7-14(2,3)13(16)18/h5-12H2,1-4H3,(H2,16,18). The minimum Gasteiger partial charge on any atom is -0.393 e. The molecule has 0 radical (unpaired) electrons. The molecule has 0 unspecified atom stereocenters. The van der Waals surface area contributed by atoms with Gasteiger partial charge in [-0.1, -0.05) is 46.3 Å². The minimum absolute atomic E-state index is 0.0169. The Morgan fingerprint density at radius 2 is 1.89 bits per heavy atom. The Morgan fingerprint density at radius 3 is 2.33 bits per heavy atom. The molecule has 0 spiro atoms. The van der Waals surface area contributed by atoms with Crippen molar-refractivity contribution in [3.63, 3.8) is 0 Å². The van der Waals surface area contributed by atoms with Gasteiger partial charge in [-0.15, -0.1) is 0 Å². The number of hydrogen-bond acceptors (Lipinski definition) is 2. The summed E-state index contributed by atoms with van der Waals surface area (Å²) >= 11 is 5.11. The Hall–Kier alpha value is -0.150. The Bertz CT molecular complexity index is 278. The van der Waals surface area contributed by atoms with Crippen molar-refractivity contribution in [3.05, 3.63) is 0 Å². The highest BCUT2D eigenvalue weighted by Crippen LogP contribution is 2.34. The Balaban J connectivity index is 2.25. The van der Waals surface area contributed by atoms with E-state index in [0.717, 1.165) is 6.42 Å². The first kappa shape index (κ1) is 15.9. The van der Waals surface area contributed by atoms with Crippen LogP contribution in [0.1, 0.15) is 59.8 Å². The molecule has 1 saturated heterocycles. The average molecular weight is 270 g/mol. The number of rotatable bonds is 6. The maximum absolute atomic E-state index is 5.76. The van der Waals surface area contributed by atoms with Crippen molar-refractivity contribution >= 4 is 17.2 Å². The lowest BCUT2D eigenvalue weighted by Gasteiger charge is -2.39. The molecule has 0 atom stereocenters. The van der Waals surface area contributed by atoms with Gasteiger partial charge in [0.15, 0.2) is 0 Å². The van der Waals surface area contributed by atoms with Crippen molar-refractivity contribution in [2.24, 2.45) is 16.6 Å².